The lowest BCUT2D eigenvalue weighted by Gasteiger charge is -2.14. The van der Waals surface area contributed by atoms with E-state index < -0.39 is 6.04 Å². The van der Waals surface area contributed by atoms with Crippen LogP contribution < -0.4 is 5.32 Å². The van der Waals surface area contributed by atoms with Crippen molar-refractivity contribution < 1.29 is 14.3 Å². The summed E-state index contributed by atoms with van der Waals surface area (Å²) in [6.07, 6.45) is 0.302. The fourth-order valence-corrected chi connectivity index (χ4v) is 2.81. The van der Waals surface area contributed by atoms with Crippen LogP contribution >= 0.6 is 11.3 Å². The van der Waals surface area contributed by atoms with E-state index in [2.05, 4.69) is 10.3 Å². The molecule has 1 aromatic rings. The van der Waals surface area contributed by atoms with Crippen LogP contribution in [0, 0.1) is 6.92 Å². The van der Waals surface area contributed by atoms with Gasteiger partial charge in [0.2, 0.25) is 5.91 Å². The number of ether oxygens (including phenoxy) is 1. The third kappa shape index (κ3) is 2.46. The second-order valence-electron chi connectivity index (χ2n) is 3.93. The van der Waals surface area contributed by atoms with E-state index in [1.54, 1.807) is 6.92 Å². The summed E-state index contributed by atoms with van der Waals surface area (Å²) >= 11 is 1.48. The van der Waals surface area contributed by atoms with Crippen molar-refractivity contribution in [2.24, 2.45) is 0 Å². The van der Waals surface area contributed by atoms with Crippen LogP contribution in [0.4, 0.5) is 0 Å². The predicted octanol–water partition coefficient (Wildman–Crippen LogP) is 0.987. The molecular weight excluding hydrogens is 240 g/mol. The fraction of sp³-hybridized carbons (Fsp3) is 0.545. The highest BCUT2D eigenvalue weighted by Crippen LogP contribution is 2.31. The van der Waals surface area contributed by atoms with Gasteiger partial charge in [0.25, 0.3) is 0 Å². The maximum absolute atomic E-state index is 11.7. The minimum atomic E-state index is -0.590. The molecule has 0 bridgehead atoms. The van der Waals surface area contributed by atoms with E-state index in [1.165, 1.54) is 11.3 Å². The summed E-state index contributed by atoms with van der Waals surface area (Å²) in [6, 6.07) is -0.590. The molecule has 0 aliphatic carbocycles. The number of aromatic nitrogens is 1. The molecule has 0 spiro atoms. The molecule has 1 aliphatic rings. The second-order valence-corrected chi connectivity index (χ2v) is 4.82. The number of aryl methyl sites for hydroxylation is 1. The first kappa shape index (κ1) is 12.0. The monoisotopic (exact) mass is 254 g/mol. The normalized spacial score (nSPS) is 23.5. The van der Waals surface area contributed by atoms with E-state index in [1.807, 2.05) is 12.3 Å². The number of amides is 1. The first-order chi connectivity index (χ1) is 8.11. The summed E-state index contributed by atoms with van der Waals surface area (Å²) in [5.74, 6) is -0.697. The van der Waals surface area contributed by atoms with Gasteiger partial charge < -0.3 is 10.1 Å². The van der Waals surface area contributed by atoms with Gasteiger partial charge in [0.05, 0.1) is 17.5 Å². The maximum atomic E-state index is 11.7. The molecule has 1 saturated heterocycles. The van der Waals surface area contributed by atoms with Crippen molar-refractivity contribution in [3.8, 4) is 0 Å². The molecule has 1 amide bonds. The zero-order valence-corrected chi connectivity index (χ0v) is 10.5. The Kier molecular flexibility index (Phi) is 3.42. The van der Waals surface area contributed by atoms with Gasteiger partial charge in [0.15, 0.2) is 0 Å². The number of nitrogens with one attached hydrogen (secondary N) is 1. The molecule has 1 aromatic heterocycles. The Morgan fingerprint density at radius 3 is 3.06 bits per heavy atom. The maximum Gasteiger partial charge on any atom is 0.329 e. The Balaban J connectivity index is 2.19. The van der Waals surface area contributed by atoms with Crippen LogP contribution in [-0.2, 0) is 14.3 Å². The van der Waals surface area contributed by atoms with Crippen molar-refractivity contribution in [3.63, 3.8) is 0 Å². The molecule has 92 valence electrons. The molecule has 1 N–H and O–H groups in total. The highest BCUT2D eigenvalue weighted by molar-refractivity contribution is 7.09. The molecule has 5 nitrogen and oxygen atoms in total. The molecule has 17 heavy (non-hydrogen) atoms. The number of hydrogen-bond acceptors (Lipinski definition) is 5. The van der Waals surface area contributed by atoms with E-state index in [4.69, 9.17) is 4.74 Å². The lowest BCUT2D eigenvalue weighted by atomic mass is 10.0. The summed E-state index contributed by atoms with van der Waals surface area (Å²) < 4.78 is 4.96. The van der Waals surface area contributed by atoms with Gasteiger partial charge in [-0.3, -0.25) is 4.79 Å². The van der Waals surface area contributed by atoms with Gasteiger partial charge in [-0.05, 0) is 13.8 Å². The molecule has 2 unspecified atom stereocenters. The lowest BCUT2D eigenvalue weighted by Crippen LogP contribution is -2.37. The zero-order chi connectivity index (χ0) is 12.4. The third-order valence-electron chi connectivity index (χ3n) is 2.62. The molecule has 0 saturated carbocycles. The molecule has 2 heterocycles. The number of esters is 1. The van der Waals surface area contributed by atoms with Gasteiger partial charge in [0.1, 0.15) is 6.04 Å². The van der Waals surface area contributed by atoms with E-state index in [9.17, 15) is 9.59 Å². The number of nitrogens with zero attached hydrogens (tertiary/aromatic N) is 1. The van der Waals surface area contributed by atoms with Crippen molar-refractivity contribution in [1.82, 2.24) is 10.3 Å². The van der Waals surface area contributed by atoms with Gasteiger partial charge in [-0.2, -0.15) is 0 Å². The van der Waals surface area contributed by atoms with Crippen LogP contribution in [0.3, 0.4) is 0 Å². The molecule has 0 aromatic carbocycles. The Bertz CT molecular complexity index is 444. The smallest absolute Gasteiger partial charge is 0.329 e. The Morgan fingerprint density at radius 2 is 2.47 bits per heavy atom. The van der Waals surface area contributed by atoms with Gasteiger partial charge in [0, 0.05) is 17.5 Å². The first-order valence-corrected chi connectivity index (χ1v) is 6.37. The highest BCUT2D eigenvalue weighted by atomic mass is 32.1. The second kappa shape index (κ2) is 4.83. The summed E-state index contributed by atoms with van der Waals surface area (Å²) in [5.41, 5.74) is 0.909. The van der Waals surface area contributed by atoms with E-state index in [-0.39, 0.29) is 17.8 Å². The van der Waals surface area contributed by atoms with Crippen molar-refractivity contribution in [2.75, 3.05) is 6.61 Å². The van der Waals surface area contributed by atoms with Crippen molar-refractivity contribution in [1.29, 1.82) is 0 Å². The number of rotatable bonds is 3. The van der Waals surface area contributed by atoms with Crippen LogP contribution in [0.25, 0.3) is 0 Å². The van der Waals surface area contributed by atoms with Crippen LogP contribution in [0.2, 0.25) is 0 Å². The standard InChI is InChI=1S/C11H14N2O3S/c1-3-16-11(15)9-7(4-8(14)13-9)10-12-6(2)5-17-10/h5,7,9H,3-4H2,1-2H3,(H,13,14). The van der Waals surface area contributed by atoms with E-state index in [0.29, 0.717) is 13.0 Å². The Hall–Kier alpha value is -1.43. The van der Waals surface area contributed by atoms with Gasteiger partial charge in [-0.25, -0.2) is 9.78 Å². The zero-order valence-electron chi connectivity index (χ0n) is 9.73. The van der Waals surface area contributed by atoms with Crippen LogP contribution in [0.1, 0.15) is 30.0 Å². The number of hydrogen-bond donors (Lipinski definition) is 1. The number of carbonyl (C=O) groups is 2. The third-order valence-corrected chi connectivity index (χ3v) is 3.71. The van der Waals surface area contributed by atoms with Crippen LogP contribution in [-0.4, -0.2) is 29.5 Å². The molecule has 0 radical (unpaired) electrons. The topological polar surface area (TPSA) is 68.3 Å². The lowest BCUT2D eigenvalue weighted by molar-refractivity contribution is -0.146. The molecule has 1 aliphatic heterocycles. The van der Waals surface area contributed by atoms with Gasteiger partial charge in [-0.15, -0.1) is 11.3 Å². The summed E-state index contributed by atoms with van der Waals surface area (Å²) in [5, 5.41) is 5.38. The van der Waals surface area contributed by atoms with Crippen molar-refractivity contribution in [3.05, 3.63) is 16.1 Å². The fourth-order valence-electron chi connectivity index (χ4n) is 1.88. The molecular formula is C11H14N2O3S. The highest BCUT2D eigenvalue weighted by Gasteiger charge is 2.40. The molecule has 2 rings (SSSR count). The molecule has 1 fully saturated rings. The Morgan fingerprint density at radius 1 is 1.71 bits per heavy atom. The first-order valence-electron chi connectivity index (χ1n) is 5.50. The molecule has 2 atom stereocenters. The quantitative estimate of drug-likeness (QED) is 0.817. The van der Waals surface area contributed by atoms with Crippen LogP contribution in [0.15, 0.2) is 5.38 Å². The van der Waals surface area contributed by atoms with Gasteiger partial charge >= 0.3 is 5.97 Å². The van der Waals surface area contributed by atoms with Crippen LogP contribution in [0.5, 0.6) is 0 Å². The Labute approximate surface area is 103 Å². The minimum absolute atomic E-state index is 0.124. The molecule has 6 heteroatoms. The average Bonchev–Trinajstić information content (AvgIpc) is 2.84. The van der Waals surface area contributed by atoms with E-state index in [0.717, 1.165) is 10.7 Å². The largest absolute Gasteiger partial charge is 0.464 e. The van der Waals surface area contributed by atoms with Crippen molar-refractivity contribution in [2.45, 2.75) is 32.2 Å². The summed E-state index contributed by atoms with van der Waals surface area (Å²) in [4.78, 5) is 27.5. The summed E-state index contributed by atoms with van der Waals surface area (Å²) in [6.45, 7) is 3.95. The van der Waals surface area contributed by atoms with E-state index >= 15 is 0 Å². The minimum Gasteiger partial charge on any atom is -0.464 e. The summed E-state index contributed by atoms with van der Waals surface area (Å²) in [7, 11) is 0. The van der Waals surface area contributed by atoms with Crippen molar-refractivity contribution >= 4 is 23.2 Å². The van der Waals surface area contributed by atoms with Gasteiger partial charge in [-0.1, -0.05) is 0 Å². The average molecular weight is 254 g/mol. The SMILES string of the molecule is CCOC(=O)C1NC(=O)CC1c1nc(C)cs1. The number of thiazole rings is 1. The predicted molar refractivity (Wildman–Crippen MR) is 62.8 cm³/mol. The number of carbonyl (C=O) groups excluding carboxylic acids is 2.